The van der Waals surface area contributed by atoms with E-state index in [0.29, 0.717) is 0 Å². The van der Waals surface area contributed by atoms with E-state index in [-0.39, 0.29) is 5.76 Å². The van der Waals surface area contributed by atoms with Gasteiger partial charge in [0.25, 0.3) is 0 Å². The zero-order valence-corrected chi connectivity index (χ0v) is 10.00. The van der Waals surface area contributed by atoms with E-state index in [0.717, 1.165) is 22.5 Å². The highest BCUT2D eigenvalue weighted by molar-refractivity contribution is 7.16. The quantitative estimate of drug-likeness (QED) is 0.624. The van der Waals surface area contributed by atoms with E-state index < -0.39 is 0 Å². The van der Waals surface area contributed by atoms with Crippen molar-refractivity contribution >= 4 is 22.1 Å². The predicted molar refractivity (Wildman–Crippen MR) is 71.5 cm³/mol. The zero-order valence-electron chi connectivity index (χ0n) is 9.18. The molecule has 0 saturated heterocycles. The maximum Gasteiger partial charge on any atom is 0.241 e. The van der Waals surface area contributed by atoms with E-state index in [4.69, 9.17) is 6.57 Å². The van der Waals surface area contributed by atoms with Crippen LogP contribution in [0.4, 0.5) is 5.00 Å². The van der Waals surface area contributed by atoms with Crippen molar-refractivity contribution in [1.82, 2.24) is 0 Å². The van der Waals surface area contributed by atoms with Crippen molar-refractivity contribution in [3.8, 4) is 0 Å². The first-order chi connectivity index (χ1) is 8.19. The molecule has 0 aliphatic carbocycles. The third kappa shape index (κ3) is 2.74. The molecular formula is C14H11NOS. The van der Waals surface area contributed by atoms with E-state index in [1.807, 2.05) is 36.4 Å². The molecule has 2 rings (SSSR count). The second-order valence-corrected chi connectivity index (χ2v) is 4.82. The molecule has 1 aromatic carbocycles. The average Bonchev–Trinajstić information content (AvgIpc) is 2.77. The van der Waals surface area contributed by atoms with Crippen LogP contribution in [0.3, 0.4) is 0 Å². The second kappa shape index (κ2) is 4.86. The number of aliphatic hydroxyl groups excluding tert-OH is 1. The molecule has 1 N–H and O–H groups in total. The molecule has 0 amide bonds. The Balaban J connectivity index is 2.14. The molecule has 0 unspecified atom stereocenters. The summed E-state index contributed by atoms with van der Waals surface area (Å²) in [5.74, 6) is 0.0861. The smallest absolute Gasteiger partial charge is 0.241 e. The van der Waals surface area contributed by atoms with Crippen molar-refractivity contribution in [1.29, 1.82) is 0 Å². The Kier molecular flexibility index (Phi) is 3.27. The molecule has 0 aliphatic rings. The van der Waals surface area contributed by atoms with Gasteiger partial charge in [0.1, 0.15) is 5.76 Å². The highest BCUT2D eigenvalue weighted by Crippen LogP contribution is 2.26. The number of hydrogen-bond donors (Lipinski definition) is 1. The Morgan fingerprint density at radius 1 is 1.24 bits per heavy atom. The Morgan fingerprint density at radius 3 is 2.47 bits per heavy atom. The summed E-state index contributed by atoms with van der Waals surface area (Å²) in [5, 5.41) is 9.94. The first kappa shape index (κ1) is 11.4. The maximum atomic E-state index is 9.21. The third-order valence-electron chi connectivity index (χ3n) is 2.42. The lowest BCUT2D eigenvalue weighted by atomic mass is 10.1. The van der Waals surface area contributed by atoms with Gasteiger partial charge in [0.15, 0.2) is 0 Å². The molecule has 0 radical (unpaired) electrons. The van der Waals surface area contributed by atoms with Gasteiger partial charge in [0.2, 0.25) is 5.00 Å². The normalized spacial score (nSPS) is 9.82. The molecule has 0 saturated carbocycles. The number of benzene rings is 1. The number of rotatable bonds is 3. The Labute approximate surface area is 104 Å². The van der Waals surface area contributed by atoms with Gasteiger partial charge in [-0.15, -0.1) is 0 Å². The fourth-order valence-electron chi connectivity index (χ4n) is 1.54. The van der Waals surface area contributed by atoms with Crippen LogP contribution >= 0.6 is 11.3 Å². The first-order valence-electron chi connectivity index (χ1n) is 5.12. The Hall–Kier alpha value is -2.05. The van der Waals surface area contributed by atoms with Gasteiger partial charge in [-0.2, -0.15) is 11.3 Å². The molecule has 0 spiro atoms. The second-order valence-electron chi connectivity index (χ2n) is 3.67. The molecule has 1 heterocycles. The standard InChI is InChI=1S/C14H11NOS/c1-10(16)12-5-3-11(4-6-12)9-13-7-8-14(15-2)17-13/h3-8,16H,1,9H2. The van der Waals surface area contributed by atoms with Crippen LogP contribution < -0.4 is 0 Å². The minimum Gasteiger partial charge on any atom is -0.508 e. The van der Waals surface area contributed by atoms with E-state index in [9.17, 15) is 5.11 Å². The molecule has 2 aromatic rings. The number of aliphatic hydroxyl groups is 1. The van der Waals surface area contributed by atoms with E-state index in [2.05, 4.69) is 11.4 Å². The van der Waals surface area contributed by atoms with Gasteiger partial charge in [0, 0.05) is 12.0 Å². The van der Waals surface area contributed by atoms with Gasteiger partial charge in [0.05, 0.1) is 6.57 Å². The van der Waals surface area contributed by atoms with E-state index in [1.54, 1.807) is 0 Å². The molecule has 1 aromatic heterocycles. The molecule has 0 atom stereocenters. The average molecular weight is 241 g/mol. The summed E-state index contributed by atoms with van der Waals surface area (Å²) in [4.78, 5) is 4.57. The van der Waals surface area contributed by atoms with Crippen molar-refractivity contribution in [2.45, 2.75) is 6.42 Å². The summed E-state index contributed by atoms with van der Waals surface area (Å²) >= 11 is 1.52. The summed E-state index contributed by atoms with van der Waals surface area (Å²) in [7, 11) is 0. The van der Waals surface area contributed by atoms with Crippen LogP contribution in [0.25, 0.3) is 10.6 Å². The summed E-state index contributed by atoms with van der Waals surface area (Å²) in [5.41, 5.74) is 1.90. The van der Waals surface area contributed by atoms with Crippen LogP contribution in [0.1, 0.15) is 16.0 Å². The van der Waals surface area contributed by atoms with Gasteiger partial charge in [-0.3, -0.25) is 0 Å². The van der Waals surface area contributed by atoms with Crippen molar-refractivity contribution in [2.75, 3.05) is 0 Å². The van der Waals surface area contributed by atoms with Crippen LogP contribution in [0.5, 0.6) is 0 Å². The van der Waals surface area contributed by atoms with E-state index in [1.165, 1.54) is 16.2 Å². The topological polar surface area (TPSA) is 24.6 Å². The molecule has 17 heavy (non-hydrogen) atoms. The van der Waals surface area contributed by atoms with Crippen LogP contribution in [-0.2, 0) is 6.42 Å². The van der Waals surface area contributed by atoms with Crippen molar-refractivity contribution in [3.63, 3.8) is 0 Å². The zero-order chi connectivity index (χ0) is 12.3. The van der Waals surface area contributed by atoms with Crippen molar-refractivity contribution in [2.24, 2.45) is 0 Å². The minimum absolute atomic E-state index is 0.0861. The highest BCUT2D eigenvalue weighted by atomic mass is 32.1. The fraction of sp³-hybridized carbons (Fsp3) is 0.0714. The molecule has 0 bridgehead atoms. The van der Waals surface area contributed by atoms with Crippen molar-refractivity contribution in [3.05, 3.63) is 70.4 Å². The Morgan fingerprint density at radius 2 is 1.94 bits per heavy atom. The van der Waals surface area contributed by atoms with Crippen LogP contribution in [0.15, 0.2) is 43.0 Å². The molecule has 84 valence electrons. The number of thiophene rings is 1. The predicted octanol–water partition coefficient (Wildman–Crippen LogP) is 4.42. The SMILES string of the molecule is [C-]#[N+]c1ccc(Cc2ccc(C(=C)O)cc2)s1. The summed E-state index contributed by atoms with van der Waals surface area (Å²) in [6.07, 6.45) is 0.818. The van der Waals surface area contributed by atoms with Gasteiger partial charge in [-0.1, -0.05) is 36.9 Å². The Bertz CT molecular complexity index is 575. The fourth-order valence-corrected chi connectivity index (χ4v) is 2.36. The monoisotopic (exact) mass is 241 g/mol. The molecule has 0 aliphatic heterocycles. The van der Waals surface area contributed by atoms with Gasteiger partial charge in [-0.05, 0) is 16.5 Å². The lowest BCUT2D eigenvalue weighted by Gasteiger charge is -2.01. The van der Waals surface area contributed by atoms with Crippen LogP contribution in [-0.4, -0.2) is 5.11 Å². The molecule has 0 fully saturated rings. The molecular weight excluding hydrogens is 230 g/mol. The summed E-state index contributed by atoms with van der Waals surface area (Å²) in [6, 6.07) is 11.5. The largest absolute Gasteiger partial charge is 0.508 e. The summed E-state index contributed by atoms with van der Waals surface area (Å²) in [6.45, 7) is 10.4. The molecule has 2 nitrogen and oxygen atoms in total. The number of hydrogen-bond acceptors (Lipinski definition) is 2. The lowest BCUT2D eigenvalue weighted by molar-refractivity contribution is 0.514. The van der Waals surface area contributed by atoms with Crippen LogP contribution in [0.2, 0.25) is 0 Å². The summed E-state index contributed by atoms with van der Waals surface area (Å²) < 4.78 is 0. The minimum atomic E-state index is 0.0861. The highest BCUT2D eigenvalue weighted by Gasteiger charge is 2.01. The maximum absolute atomic E-state index is 9.21. The van der Waals surface area contributed by atoms with E-state index >= 15 is 0 Å². The first-order valence-corrected chi connectivity index (χ1v) is 5.94. The van der Waals surface area contributed by atoms with Gasteiger partial charge < -0.3 is 5.11 Å². The third-order valence-corrected chi connectivity index (χ3v) is 3.40. The van der Waals surface area contributed by atoms with Crippen LogP contribution in [0, 0.1) is 6.57 Å². The lowest BCUT2D eigenvalue weighted by Crippen LogP contribution is -1.86. The van der Waals surface area contributed by atoms with Gasteiger partial charge >= 0.3 is 0 Å². The molecule has 3 heteroatoms. The van der Waals surface area contributed by atoms with Crippen molar-refractivity contribution < 1.29 is 5.11 Å². The van der Waals surface area contributed by atoms with Gasteiger partial charge in [-0.25, -0.2) is 4.85 Å². The number of nitrogens with zero attached hydrogens (tertiary/aromatic N) is 1.